The Kier molecular flexibility index (Phi) is 4.18. The summed E-state index contributed by atoms with van der Waals surface area (Å²) in [5, 5.41) is 0.113. The SMILES string of the molecule is Cc1cccc(OS(=O)(=O)c2ccc(Br)cc2Cl)c1. The second kappa shape index (κ2) is 5.53. The number of benzene rings is 2. The Balaban J connectivity index is 2.38. The van der Waals surface area contributed by atoms with Gasteiger partial charge in [-0.05, 0) is 42.8 Å². The van der Waals surface area contributed by atoms with Crippen LogP contribution in [0.1, 0.15) is 5.56 Å². The average Bonchev–Trinajstić information content (AvgIpc) is 2.27. The number of aryl methyl sites for hydroxylation is 1. The van der Waals surface area contributed by atoms with Crippen LogP contribution >= 0.6 is 27.5 Å². The summed E-state index contributed by atoms with van der Waals surface area (Å²) >= 11 is 9.14. The van der Waals surface area contributed by atoms with Gasteiger partial charge in [0.1, 0.15) is 10.6 Å². The molecule has 0 amide bonds. The van der Waals surface area contributed by atoms with Gasteiger partial charge in [-0.15, -0.1) is 0 Å². The van der Waals surface area contributed by atoms with Crippen molar-refractivity contribution in [1.29, 1.82) is 0 Å². The van der Waals surface area contributed by atoms with Crippen LogP contribution in [0.5, 0.6) is 5.75 Å². The van der Waals surface area contributed by atoms with Gasteiger partial charge in [0.15, 0.2) is 0 Å². The molecule has 0 aromatic heterocycles. The zero-order chi connectivity index (χ0) is 14.0. The summed E-state index contributed by atoms with van der Waals surface area (Å²) in [6.07, 6.45) is 0. The maximum Gasteiger partial charge on any atom is 0.340 e. The van der Waals surface area contributed by atoms with Crippen molar-refractivity contribution < 1.29 is 12.6 Å². The summed E-state index contributed by atoms with van der Waals surface area (Å²) in [7, 11) is -3.93. The predicted octanol–water partition coefficient (Wildman–Crippen LogP) is 4.18. The van der Waals surface area contributed by atoms with Crippen LogP contribution in [-0.4, -0.2) is 8.42 Å². The molecule has 0 N–H and O–H groups in total. The third-order valence-corrected chi connectivity index (χ3v) is 4.58. The molecule has 19 heavy (non-hydrogen) atoms. The molecule has 100 valence electrons. The first-order valence-electron chi connectivity index (χ1n) is 5.35. The lowest BCUT2D eigenvalue weighted by Gasteiger charge is -2.09. The monoisotopic (exact) mass is 360 g/mol. The smallest absolute Gasteiger partial charge is 0.340 e. The van der Waals surface area contributed by atoms with Gasteiger partial charge in [-0.1, -0.05) is 39.7 Å². The zero-order valence-electron chi connectivity index (χ0n) is 9.93. The lowest BCUT2D eigenvalue weighted by Crippen LogP contribution is -2.10. The maximum absolute atomic E-state index is 12.1. The van der Waals surface area contributed by atoms with Crippen molar-refractivity contribution in [2.45, 2.75) is 11.8 Å². The van der Waals surface area contributed by atoms with Gasteiger partial charge >= 0.3 is 10.1 Å². The third-order valence-electron chi connectivity index (χ3n) is 2.36. The van der Waals surface area contributed by atoms with Crippen molar-refractivity contribution >= 4 is 37.6 Å². The molecule has 0 aliphatic rings. The van der Waals surface area contributed by atoms with Crippen LogP contribution in [0.25, 0.3) is 0 Å². The fourth-order valence-electron chi connectivity index (χ4n) is 1.52. The topological polar surface area (TPSA) is 43.4 Å². The van der Waals surface area contributed by atoms with E-state index >= 15 is 0 Å². The fraction of sp³-hybridized carbons (Fsp3) is 0.0769. The standard InChI is InChI=1S/C13H10BrClO3S/c1-9-3-2-4-11(7-9)18-19(16,17)13-6-5-10(14)8-12(13)15/h2-8H,1H3. The number of hydrogen-bond donors (Lipinski definition) is 0. The summed E-state index contributed by atoms with van der Waals surface area (Å²) in [5.74, 6) is 0.263. The van der Waals surface area contributed by atoms with Crippen LogP contribution in [0.4, 0.5) is 0 Å². The Hall–Kier alpha value is -1.04. The normalized spacial score (nSPS) is 11.3. The Labute approximate surface area is 125 Å². The van der Waals surface area contributed by atoms with E-state index in [9.17, 15) is 8.42 Å². The Morgan fingerprint density at radius 1 is 1.16 bits per heavy atom. The van der Waals surface area contributed by atoms with E-state index in [0.29, 0.717) is 4.47 Å². The van der Waals surface area contributed by atoms with Gasteiger partial charge in [0.2, 0.25) is 0 Å². The lowest BCUT2D eigenvalue weighted by molar-refractivity contribution is 0.486. The van der Waals surface area contributed by atoms with Gasteiger partial charge in [0.25, 0.3) is 0 Å². The van der Waals surface area contributed by atoms with Gasteiger partial charge in [0, 0.05) is 4.47 Å². The van der Waals surface area contributed by atoms with Crippen molar-refractivity contribution in [3.63, 3.8) is 0 Å². The molecular formula is C13H10BrClO3S. The fourth-order valence-corrected chi connectivity index (χ4v) is 3.45. The molecule has 0 saturated carbocycles. The molecule has 2 aromatic rings. The Morgan fingerprint density at radius 2 is 1.89 bits per heavy atom. The van der Waals surface area contributed by atoms with E-state index in [1.807, 2.05) is 13.0 Å². The predicted molar refractivity (Wildman–Crippen MR) is 78.1 cm³/mol. The molecule has 3 nitrogen and oxygen atoms in total. The van der Waals surface area contributed by atoms with Crippen molar-refractivity contribution in [1.82, 2.24) is 0 Å². The zero-order valence-corrected chi connectivity index (χ0v) is 13.1. The first-order chi connectivity index (χ1) is 8.88. The highest BCUT2D eigenvalue weighted by molar-refractivity contribution is 9.10. The van der Waals surface area contributed by atoms with Crippen LogP contribution < -0.4 is 4.18 Å². The minimum Gasteiger partial charge on any atom is -0.379 e. The number of rotatable bonds is 3. The van der Waals surface area contributed by atoms with E-state index in [1.54, 1.807) is 24.3 Å². The molecule has 0 heterocycles. The molecule has 0 aliphatic heterocycles. The molecule has 0 radical (unpaired) electrons. The van der Waals surface area contributed by atoms with E-state index in [2.05, 4.69) is 15.9 Å². The van der Waals surface area contributed by atoms with Crippen molar-refractivity contribution in [2.75, 3.05) is 0 Å². The highest BCUT2D eigenvalue weighted by Gasteiger charge is 2.20. The molecule has 2 aromatic carbocycles. The first kappa shape index (κ1) is 14.4. The van der Waals surface area contributed by atoms with E-state index in [-0.39, 0.29) is 15.7 Å². The van der Waals surface area contributed by atoms with Gasteiger partial charge in [-0.3, -0.25) is 0 Å². The second-order valence-corrected chi connectivity index (χ2v) is 6.77. The highest BCUT2D eigenvalue weighted by atomic mass is 79.9. The summed E-state index contributed by atoms with van der Waals surface area (Å²) in [5.41, 5.74) is 0.912. The van der Waals surface area contributed by atoms with Crippen LogP contribution in [0.2, 0.25) is 5.02 Å². The van der Waals surface area contributed by atoms with Gasteiger partial charge in [0.05, 0.1) is 5.02 Å². The van der Waals surface area contributed by atoms with Crippen LogP contribution in [0.15, 0.2) is 51.8 Å². The van der Waals surface area contributed by atoms with Gasteiger partial charge in [-0.25, -0.2) is 0 Å². The maximum atomic E-state index is 12.1. The van der Waals surface area contributed by atoms with E-state index in [0.717, 1.165) is 5.56 Å². The van der Waals surface area contributed by atoms with Crippen molar-refractivity contribution in [3.8, 4) is 5.75 Å². The highest BCUT2D eigenvalue weighted by Crippen LogP contribution is 2.27. The summed E-state index contributed by atoms with van der Waals surface area (Å²) in [6.45, 7) is 1.85. The molecular weight excluding hydrogens is 352 g/mol. The van der Waals surface area contributed by atoms with Gasteiger partial charge in [-0.2, -0.15) is 8.42 Å². The van der Waals surface area contributed by atoms with Crippen molar-refractivity contribution in [2.24, 2.45) is 0 Å². The Morgan fingerprint density at radius 3 is 2.53 bits per heavy atom. The minimum atomic E-state index is -3.93. The molecule has 0 unspecified atom stereocenters. The molecule has 0 fully saturated rings. The van der Waals surface area contributed by atoms with Crippen LogP contribution in [0, 0.1) is 6.92 Å². The molecule has 0 aliphatic carbocycles. The summed E-state index contributed by atoms with van der Waals surface area (Å²) < 4.78 is 30.0. The number of halogens is 2. The molecule has 0 bridgehead atoms. The summed E-state index contributed by atoms with van der Waals surface area (Å²) in [4.78, 5) is -0.0566. The quantitative estimate of drug-likeness (QED) is 0.770. The first-order valence-corrected chi connectivity index (χ1v) is 7.92. The van der Waals surface area contributed by atoms with E-state index in [4.69, 9.17) is 15.8 Å². The average molecular weight is 362 g/mol. The van der Waals surface area contributed by atoms with Crippen molar-refractivity contribution in [3.05, 3.63) is 57.5 Å². The number of hydrogen-bond acceptors (Lipinski definition) is 3. The minimum absolute atomic E-state index is 0.0566. The van der Waals surface area contributed by atoms with Gasteiger partial charge < -0.3 is 4.18 Å². The van der Waals surface area contributed by atoms with Crippen LogP contribution in [0.3, 0.4) is 0 Å². The molecule has 2 rings (SSSR count). The molecule has 0 spiro atoms. The van der Waals surface area contributed by atoms with Crippen LogP contribution in [-0.2, 0) is 10.1 Å². The third kappa shape index (κ3) is 3.49. The second-order valence-electron chi connectivity index (χ2n) is 3.93. The molecule has 6 heteroatoms. The molecule has 0 saturated heterocycles. The Bertz CT molecular complexity index is 714. The lowest BCUT2D eigenvalue weighted by atomic mass is 10.2. The van der Waals surface area contributed by atoms with E-state index < -0.39 is 10.1 Å². The largest absolute Gasteiger partial charge is 0.379 e. The van der Waals surface area contributed by atoms with E-state index in [1.165, 1.54) is 12.1 Å². The summed E-state index contributed by atoms with van der Waals surface area (Å²) in [6, 6.07) is 11.3. The molecule has 0 atom stereocenters.